The lowest BCUT2D eigenvalue weighted by atomic mass is 10.1. The van der Waals surface area contributed by atoms with Crippen molar-refractivity contribution in [1.29, 1.82) is 0 Å². The number of hydrogen-bond acceptors (Lipinski definition) is 5. The molecule has 0 aliphatic carbocycles. The summed E-state index contributed by atoms with van der Waals surface area (Å²) in [5.74, 6) is 0.237. The molecule has 0 atom stereocenters. The number of hydrogen-bond donors (Lipinski definition) is 0. The Kier molecular flexibility index (Phi) is 5.65. The van der Waals surface area contributed by atoms with Gasteiger partial charge in [-0.05, 0) is 27.2 Å². The number of rotatable bonds is 3. The maximum Gasteiger partial charge on any atom is 0.437 e. The predicted octanol–water partition coefficient (Wildman–Crippen LogP) is 3.31. The van der Waals surface area contributed by atoms with Crippen molar-refractivity contribution >= 4 is 6.09 Å². The van der Waals surface area contributed by atoms with E-state index in [2.05, 4.69) is 5.16 Å². The fourth-order valence-corrected chi connectivity index (χ4v) is 2.67. The minimum absolute atomic E-state index is 0.0991. The Labute approximate surface area is 144 Å². The van der Waals surface area contributed by atoms with E-state index in [4.69, 9.17) is 9.26 Å². The second kappa shape index (κ2) is 7.23. The molecule has 0 unspecified atom stereocenters. The van der Waals surface area contributed by atoms with Crippen LogP contribution >= 0.6 is 0 Å². The second-order valence-corrected chi connectivity index (χ2v) is 7.03. The lowest BCUT2D eigenvalue weighted by Crippen LogP contribution is -2.49. The van der Waals surface area contributed by atoms with Gasteiger partial charge in [-0.15, -0.1) is 0 Å². The van der Waals surface area contributed by atoms with Crippen LogP contribution in [0.4, 0.5) is 18.0 Å². The maximum atomic E-state index is 12.9. The zero-order chi connectivity index (χ0) is 18.8. The summed E-state index contributed by atoms with van der Waals surface area (Å²) in [5.41, 5.74) is -1.41. The second-order valence-electron chi connectivity index (χ2n) is 7.03. The molecule has 1 fully saturated rings. The van der Waals surface area contributed by atoms with Crippen molar-refractivity contribution in [2.45, 2.75) is 52.4 Å². The summed E-state index contributed by atoms with van der Waals surface area (Å²) in [7, 11) is 0. The summed E-state index contributed by atoms with van der Waals surface area (Å²) >= 11 is 0. The van der Waals surface area contributed by atoms with Crippen LogP contribution in [-0.4, -0.2) is 52.8 Å². The zero-order valence-electron chi connectivity index (χ0n) is 14.9. The summed E-state index contributed by atoms with van der Waals surface area (Å²) in [6.45, 7) is 9.27. The van der Waals surface area contributed by atoms with Crippen LogP contribution in [0.1, 0.15) is 44.7 Å². The Balaban J connectivity index is 1.95. The van der Waals surface area contributed by atoms with Crippen LogP contribution in [-0.2, 0) is 23.9 Å². The van der Waals surface area contributed by atoms with Gasteiger partial charge >= 0.3 is 12.3 Å². The number of piperazine rings is 1. The van der Waals surface area contributed by atoms with E-state index in [1.54, 1.807) is 32.6 Å². The summed E-state index contributed by atoms with van der Waals surface area (Å²) in [6.07, 6.45) is -4.69. The largest absolute Gasteiger partial charge is 0.444 e. The summed E-state index contributed by atoms with van der Waals surface area (Å²) in [4.78, 5) is 15.6. The molecule has 0 aromatic carbocycles. The Bertz CT molecular complexity index is 600. The fourth-order valence-electron chi connectivity index (χ4n) is 2.67. The van der Waals surface area contributed by atoms with E-state index in [1.807, 2.05) is 4.90 Å². The molecule has 0 N–H and O–H groups in total. The maximum absolute atomic E-state index is 12.9. The number of halogens is 3. The number of amides is 1. The third-order valence-corrected chi connectivity index (χ3v) is 3.88. The molecule has 0 bridgehead atoms. The quantitative estimate of drug-likeness (QED) is 0.825. The molecular formula is C16H24F3N3O3. The highest BCUT2D eigenvalue weighted by Gasteiger charge is 2.39. The smallest absolute Gasteiger partial charge is 0.437 e. The van der Waals surface area contributed by atoms with Crippen molar-refractivity contribution in [1.82, 2.24) is 15.0 Å². The van der Waals surface area contributed by atoms with Gasteiger partial charge in [0.25, 0.3) is 0 Å². The molecular weight excluding hydrogens is 339 g/mol. The van der Waals surface area contributed by atoms with Crippen molar-refractivity contribution in [3.05, 3.63) is 17.0 Å². The first-order chi connectivity index (χ1) is 11.5. The molecule has 1 saturated heterocycles. The standard InChI is InChI=1S/C16H24F3N3O3/c1-5-11-12(25-20-13(11)16(17,18)19)10-21-6-8-22(9-7-21)14(23)24-15(2,3)4/h5-10H2,1-4H3. The Hall–Kier alpha value is -1.77. The average molecular weight is 363 g/mol. The summed E-state index contributed by atoms with van der Waals surface area (Å²) in [6, 6.07) is 0. The summed E-state index contributed by atoms with van der Waals surface area (Å²) in [5, 5.41) is 3.20. The third kappa shape index (κ3) is 5.10. The number of nitrogens with zero attached hydrogens (tertiary/aromatic N) is 3. The van der Waals surface area contributed by atoms with Gasteiger partial charge in [-0.1, -0.05) is 12.1 Å². The van der Waals surface area contributed by atoms with Gasteiger partial charge in [-0.25, -0.2) is 4.79 Å². The van der Waals surface area contributed by atoms with E-state index in [0.29, 0.717) is 26.2 Å². The Morgan fingerprint density at radius 3 is 2.28 bits per heavy atom. The molecule has 9 heteroatoms. The molecule has 1 aliphatic heterocycles. The van der Waals surface area contributed by atoms with Crippen molar-refractivity contribution in [2.24, 2.45) is 0 Å². The van der Waals surface area contributed by atoms with Crippen LogP contribution in [0.2, 0.25) is 0 Å². The zero-order valence-corrected chi connectivity index (χ0v) is 14.9. The molecule has 0 saturated carbocycles. The lowest BCUT2D eigenvalue weighted by Gasteiger charge is -2.35. The van der Waals surface area contributed by atoms with Crippen LogP contribution in [0.5, 0.6) is 0 Å². The number of aromatic nitrogens is 1. The van der Waals surface area contributed by atoms with Crippen LogP contribution in [0.15, 0.2) is 4.52 Å². The van der Waals surface area contributed by atoms with Gasteiger partial charge in [0.2, 0.25) is 0 Å². The van der Waals surface area contributed by atoms with E-state index in [-0.39, 0.29) is 30.4 Å². The number of carbonyl (C=O) groups excluding carboxylic acids is 1. The van der Waals surface area contributed by atoms with Crippen LogP contribution < -0.4 is 0 Å². The lowest BCUT2D eigenvalue weighted by molar-refractivity contribution is -0.143. The first-order valence-electron chi connectivity index (χ1n) is 8.26. The van der Waals surface area contributed by atoms with Gasteiger partial charge in [0.15, 0.2) is 11.5 Å². The highest BCUT2D eigenvalue weighted by Crippen LogP contribution is 2.33. The van der Waals surface area contributed by atoms with Crippen LogP contribution in [0.3, 0.4) is 0 Å². The number of ether oxygens (including phenoxy) is 1. The highest BCUT2D eigenvalue weighted by atomic mass is 19.4. The third-order valence-electron chi connectivity index (χ3n) is 3.88. The van der Waals surface area contributed by atoms with Gasteiger partial charge in [0.05, 0.1) is 6.54 Å². The van der Waals surface area contributed by atoms with Crippen molar-refractivity contribution in [2.75, 3.05) is 26.2 Å². The summed E-state index contributed by atoms with van der Waals surface area (Å²) < 4.78 is 49.0. The Morgan fingerprint density at radius 1 is 1.20 bits per heavy atom. The molecule has 1 aromatic heterocycles. The molecule has 1 aliphatic rings. The van der Waals surface area contributed by atoms with E-state index in [0.717, 1.165) is 0 Å². The van der Waals surface area contributed by atoms with Gasteiger partial charge in [0, 0.05) is 31.7 Å². The highest BCUT2D eigenvalue weighted by molar-refractivity contribution is 5.68. The molecule has 0 radical (unpaired) electrons. The topological polar surface area (TPSA) is 58.8 Å². The monoisotopic (exact) mass is 363 g/mol. The van der Waals surface area contributed by atoms with Crippen molar-refractivity contribution in [3.8, 4) is 0 Å². The fraction of sp³-hybridized carbons (Fsp3) is 0.750. The number of alkyl halides is 3. The molecule has 1 aromatic rings. The van der Waals surface area contributed by atoms with Crippen LogP contribution in [0, 0.1) is 0 Å². The molecule has 0 spiro atoms. The van der Waals surface area contributed by atoms with Gasteiger partial charge in [0.1, 0.15) is 5.60 Å². The first kappa shape index (κ1) is 19.6. The number of carbonyl (C=O) groups is 1. The average Bonchev–Trinajstić information content (AvgIpc) is 2.89. The Morgan fingerprint density at radius 2 is 1.80 bits per heavy atom. The van der Waals surface area contributed by atoms with Crippen molar-refractivity contribution < 1.29 is 27.2 Å². The predicted molar refractivity (Wildman–Crippen MR) is 84.0 cm³/mol. The van der Waals surface area contributed by atoms with E-state index >= 15 is 0 Å². The molecule has 142 valence electrons. The molecule has 1 amide bonds. The van der Waals surface area contributed by atoms with Crippen LogP contribution in [0.25, 0.3) is 0 Å². The molecule has 2 rings (SSSR count). The molecule has 2 heterocycles. The van der Waals surface area contributed by atoms with Gasteiger partial charge in [-0.3, -0.25) is 4.90 Å². The minimum Gasteiger partial charge on any atom is -0.444 e. The molecule has 6 nitrogen and oxygen atoms in total. The normalized spacial score (nSPS) is 17.0. The van der Waals surface area contributed by atoms with E-state index in [1.165, 1.54) is 0 Å². The molecule has 25 heavy (non-hydrogen) atoms. The van der Waals surface area contributed by atoms with E-state index in [9.17, 15) is 18.0 Å². The van der Waals surface area contributed by atoms with Crippen molar-refractivity contribution in [3.63, 3.8) is 0 Å². The minimum atomic E-state index is -4.51. The first-order valence-corrected chi connectivity index (χ1v) is 8.26. The SMILES string of the molecule is CCc1c(C(F)(F)F)noc1CN1CCN(C(=O)OC(C)(C)C)CC1. The van der Waals surface area contributed by atoms with Gasteiger partial charge in [-0.2, -0.15) is 13.2 Å². The van der Waals surface area contributed by atoms with E-state index < -0.39 is 17.5 Å². The van der Waals surface area contributed by atoms with Gasteiger partial charge < -0.3 is 14.2 Å².